The molecule has 3 aliphatic rings. The fraction of sp³-hybridized carbons (Fsp3) is 0.421. The number of halogens is 1. The van der Waals surface area contributed by atoms with Crippen LogP contribution < -0.4 is 0 Å². The van der Waals surface area contributed by atoms with E-state index in [0.29, 0.717) is 12.8 Å². The van der Waals surface area contributed by atoms with Crippen molar-refractivity contribution in [1.82, 2.24) is 0 Å². The van der Waals surface area contributed by atoms with Crippen LogP contribution in [0.15, 0.2) is 45.0 Å². The van der Waals surface area contributed by atoms with E-state index in [4.69, 9.17) is 4.99 Å². The molecule has 2 atom stereocenters. The third-order valence-electron chi connectivity index (χ3n) is 5.14. The Labute approximate surface area is 144 Å². The van der Waals surface area contributed by atoms with Gasteiger partial charge in [0.1, 0.15) is 5.78 Å². The fourth-order valence-corrected chi connectivity index (χ4v) is 4.39. The van der Waals surface area contributed by atoms with Gasteiger partial charge >= 0.3 is 0 Å². The number of carbonyl (C=O) groups excluding carboxylic acids is 2. The minimum Gasteiger partial charge on any atom is -0.299 e. The highest BCUT2D eigenvalue weighted by molar-refractivity contribution is 9.10. The van der Waals surface area contributed by atoms with E-state index in [1.807, 2.05) is 24.3 Å². The van der Waals surface area contributed by atoms with E-state index in [9.17, 15) is 9.59 Å². The monoisotopic (exact) mass is 371 g/mol. The van der Waals surface area contributed by atoms with Crippen LogP contribution in [0.1, 0.15) is 50.0 Å². The molecule has 1 aromatic carbocycles. The molecule has 2 aliphatic carbocycles. The van der Waals surface area contributed by atoms with Crippen LogP contribution in [0, 0.1) is 5.92 Å². The Balaban J connectivity index is 1.89. The third-order valence-corrected chi connectivity index (χ3v) is 5.67. The summed E-state index contributed by atoms with van der Waals surface area (Å²) in [4.78, 5) is 30.0. The van der Waals surface area contributed by atoms with Gasteiger partial charge in [0.25, 0.3) is 0 Å². The molecule has 1 saturated carbocycles. The van der Waals surface area contributed by atoms with Gasteiger partial charge in [0, 0.05) is 40.2 Å². The van der Waals surface area contributed by atoms with Gasteiger partial charge in [-0.25, -0.2) is 0 Å². The summed E-state index contributed by atoms with van der Waals surface area (Å²) in [6, 6.07) is 8.04. The lowest BCUT2D eigenvalue weighted by molar-refractivity contribution is -0.122. The number of nitrogens with zero attached hydrogens (tertiary/aromatic N) is 1. The first-order chi connectivity index (χ1) is 11.1. The zero-order valence-corrected chi connectivity index (χ0v) is 14.4. The van der Waals surface area contributed by atoms with Gasteiger partial charge in [0.2, 0.25) is 0 Å². The van der Waals surface area contributed by atoms with Crippen molar-refractivity contribution in [3.63, 3.8) is 0 Å². The van der Waals surface area contributed by atoms with E-state index < -0.39 is 0 Å². The maximum atomic E-state index is 12.6. The van der Waals surface area contributed by atoms with Gasteiger partial charge in [-0.1, -0.05) is 28.1 Å². The minimum atomic E-state index is -0.231. The molecule has 1 unspecified atom stereocenters. The van der Waals surface area contributed by atoms with Crippen molar-refractivity contribution in [1.29, 1.82) is 0 Å². The number of carbonyl (C=O) groups is 2. The summed E-state index contributed by atoms with van der Waals surface area (Å²) in [5.74, 6) is 0.0603. The number of aliphatic imine (C=N–C) groups is 1. The van der Waals surface area contributed by atoms with Gasteiger partial charge in [-0.05, 0) is 43.4 Å². The summed E-state index contributed by atoms with van der Waals surface area (Å²) in [5, 5.41) is 0. The number of rotatable bonds is 1. The van der Waals surface area contributed by atoms with Crippen LogP contribution in [-0.4, -0.2) is 17.3 Å². The average Bonchev–Trinajstić information content (AvgIpc) is 2.54. The zero-order valence-electron chi connectivity index (χ0n) is 12.8. The molecule has 4 heteroatoms. The Hall–Kier alpha value is -1.55. The first kappa shape index (κ1) is 15.0. The molecular formula is C19H18BrNO2. The number of Topliss-reactive ketones (excluding diaryl/α,β-unsaturated/α-hetero) is 2. The molecule has 1 aromatic rings. The fourth-order valence-electron chi connectivity index (χ4n) is 4.13. The van der Waals surface area contributed by atoms with Gasteiger partial charge in [0.05, 0.1) is 5.92 Å². The molecular weight excluding hydrogens is 354 g/mol. The van der Waals surface area contributed by atoms with Crippen LogP contribution in [0.4, 0.5) is 0 Å². The van der Waals surface area contributed by atoms with Crippen LogP contribution in [-0.2, 0) is 9.59 Å². The average molecular weight is 372 g/mol. The highest BCUT2D eigenvalue weighted by Gasteiger charge is 2.44. The van der Waals surface area contributed by atoms with Gasteiger partial charge < -0.3 is 0 Å². The molecule has 0 amide bonds. The molecule has 1 aliphatic heterocycles. The first-order valence-corrected chi connectivity index (χ1v) is 9.06. The second-order valence-corrected chi connectivity index (χ2v) is 7.48. The standard InChI is InChI=1S/C19H18BrNO2/c20-12-9-7-11(8-10-12)17-18-13(3-1-5-15(18)22)21-14-4-2-6-16(23)19(14)17/h7-10,17-18H,1-6H2/t17-,18?/m1/s1. The quantitative estimate of drug-likeness (QED) is 0.735. The SMILES string of the molecule is O=C1CCCC2=C1[C@H](c1ccc(Br)cc1)C1C(=O)CCCC1=N2. The number of hydrogen-bond acceptors (Lipinski definition) is 3. The minimum absolute atomic E-state index is 0.133. The highest BCUT2D eigenvalue weighted by Crippen LogP contribution is 2.45. The maximum absolute atomic E-state index is 12.6. The van der Waals surface area contributed by atoms with E-state index >= 15 is 0 Å². The van der Waals surface area contributed by atoms with E-state index in [1.165, 1.54) is 0 Å². The van der Waals surface area contributed by atoms with Gasteiger partial charge in [-0.2, -0.15) is 0 Å². The summed E-state index contributed by atoms with van der Waals surface area (Å²) in [6.07, 6.45) is 4.69. The Morgan fingerprint density at radius 3 is 2.43 bits per heavy atom. The van der Waals surface area contributed by atoms with Gasteiger partial charge in [-0.15, -0.1) is 0 Å². The molecule has 0 spiro atoms. The van der Waals surface area contributed by atoms with Gasteiger partial charge in [0.15, 0.2) is 5.78 Å². The molecule has 23 heavy (non-hydrogen) atoms. The van der Waals surface area contributed by atoms with Gasteiger partial charge in [-0.3, -0.25) is 14.6 Å². The second-order valence-electron chi connectivity index (χ2n) is 6.57. The molecule has 118 valence electrons. The molecule has 0 saturated heterocycles. The molecule has 0 N–H and O–H groups in total. The van der Waals surface area contributed by atoms with E-state index in [-0.39, 0.29) is 23.4 Å². The molecule has 0 bridgehead atoms. The van der Waals surface area contributed by atoms with Crippen LogP contribution in [0.25, 0.3) is 0 Å². The third kappa shape index (κ3) is 2.53. The predicted molar refractivity (Wildman–Crippen MR) is 92.6 cm³/mol. The Bertz CT molecular complexity index is 745. The Morgan fingerprint density at radius 1 is 0.913 bits per heavy atom. The number of allylic oxidation sites excluding steroid dienone is 2. The Kier molecular flexibility index (Phi) is 3.80. The summed E-state index contributed by atoms with van der Waals surface area (Å²) in [6.45, 7) is 0. The summed E-state index contributed by atoms with van der Waals surface area (Å²) >= 11 is 3.46. The highest BCUT2D eigenvalue weighted by atomic mass is 79.9. The summed E-state index contributed by atoms with van der Waals surface area (Å²) in [7, 11) is 0. The van der Waals surface area contributed by atoms with Crippen LogP contribution in [0.2, 0.25) is 0 Å². The van der Waals surface area contributed by atoms with Crippen molar-refractivity contribution in [3.05, 3.63) is 45.6 Å². The van der Waals surface area contributed by atoms with Crippen molar-refractivity contribution in [2.24, 2.45) is 10.9 Å². The lowest BCUT2D eigenvalue weighted by Gasteiger charge is -2.37. The zero-order chi connectivity index (χ0) is 16.0. The Morgan fingerprint density at radius 2 is 1.65 bits per heavy atom. The van der Waals surface area contributed by atoms with Crippen LogP contribution >= 0.6 is 15.9 Å². The number of ketones is 2. The van der Waals surface area contributed by atoms with E-state index in [0.717, 1.165) is 52.7 Å². The summed E-state index contributed by atoms with van der Waals surface area (Å²) < 4.78 is 1.00. The number of hydrogen-bond donors (Lipinski definition) is 0. The largest absolute Gasteiger partial charge is 0.299 e. The van der Waals surface area contributed by atoms with Crippen molar-refractivity contribution in [2.75, 3.05) is 0 Å². The maximum Gasteiger partial charge on any atom is 0.161 e. The van der Waals surface area contributed by atoms with Crippen LogP contribution in [0.5, 0.6) is 0 Å². The molecule has 1 heterocycles. The van der Waals surface area contributed by atoms with Crippen molar-refractivity contribution >= 4 is 33.2 Å². The van der Waals surface area contributed by atoms with E-state index in [2.05, 4.69) is 15.9 Å². The molecule has 0 radical (unpaired) electrons. The topological polar surface area (TPSA) is 46.5 Å². The van der Waals surface area contributed by atoms with E-state index in [1.54, 1.807) is 0 Å². The predicted octanol–water partition coefficient (Wildman–Crippen LogP) is 4.36. The molecule has 0 aromatic heterocycles. The summed E-state index contributed by atoms with van der Waals surface area (Å²) in [5.41, 5.74) is 3.81. The number of fused-ring (bicyclic) bond motifs is 1. The second kappa shape index (κ2) is 5.82. The van der Waals surface area contributed by atoms with Crippen molar-refractivity contribution in [3.8, 4) is 0 Å². The lowest BCUT2D eigenvalue weighted by Crippen LogP contribution is -2.39. The lowest BCUT2D eigenvalue weighted by atomic mass is 9.67. The molecule has 4 rings (SSSR count). The number of benzene rings is 1. The normalized spacial score (nSPS) is 27.4. The first-order valence-electron chi connectivity index (χ1n) is 8.27. The van der Waals surface area contributed by atoms with Crippen LogP contribution in [0.3, 0.4) is 0 Å². The smallest absolute Gasteiger partial charge is 0.161 e. The molecule has 1 fully saturated rings. The molecule has 3 nitrogen and oxygen atoms in total. The van der Waals surface area contributed by atoms with Crippen molar-refractivity contribution in [2.45, 2.75) is 44.4 Å². The van der Waals surface area contributed by atoms with Crippen molar-refractivity contribution < 1.29 is 9.59 Å².